The van der Waals surface area contributed by atoms with Crippen LogP contribution in [0.25, 0.3) is 11.4 Å². The Bertz CT molecular complexity index is 1170. The molecule has 3 heterocycles. The Morgan fingerprint density at radius 2 is 1.88 bits per heavy atom. The van der Waals surface area contributed by atoms with Gasteiger partial charge in [-0.15, -0.1) is 0 Å². The van der Waals surface area contributed by atoms with Crippen molar-refractivity contribution in [2.24, 2.45) is 0 Å². The van der Waals surface area contributed by atoms with E-state index >= 15 is 0 Å². The van der Waals surface area contributed by atoms with Crippen molar-refractivity contribution in [3.63, 3.8) is 0 Å². The molecule has 2 atom stereocenters. The summed E-state index contributed by atoms with van der Waals surface area (Å²) in [5.41, 5.74) is 3.68. The van der Waals surface area contributed by atoms with Gasteiger partial charge >= 0.3 is 0 Å². The molecule has 2 bridgehead atoms. The summed E-state index contributed by atoms with van der Waals surface area (Å²) in [6, 6.07) is 11.9. The van der Waals surface area contributed by atoms with Gasteiger partial charge in [0.2, 0.25) is 5.91 Å². The van der Waals surface area contributed by atoms with Gasteiger partial charge < -0.3 is 14.4 Å². The van der Waals surface area contributed by atoms with Crippen LogP contribution in [0.5, 0.6) is 11.5 Å². The average Bonchev–Trinajstić information content (AvgIpc) is 3.14. The van der Waals surface area contributed by atoms with Crippen LogP contribution >= 0.6 is 0 Å². The van der Waals surface area contributed by atoms with Crippen LogP contribution in [0.15, 0.2) is 48.7 Å². The number of halogens is 1. The van der Waals surface area contributed by atoms with E-state index in [4.69, 9.17) is 14.5 Å². The molecular weight excluding hydrogens is 409 g/mol. The van der Waals surface area contributed by atoms with Crippen molar-refractivity contribution in [3.05, 3.63) is 71.3 Å². The van der Waals surface area contributed by atoms with Crippen LogP contribution in [-0.2, 0) is 17.6 Å². The molecule has 32 heavy (non-hydrogen) atoms. The molecule has 0 unspecified atom stereocenters. The predicted octanol–water partition coefficient (Wildman–Crippen LogP) is 4.13. The smallest absolute Gasteiger partial charge is 0.227 e. The molecule has 2 aliphatic rings. The van der Waals surface area contributed by atoms with Crippen molar-refractivity contribution in [1.82, 2.24) is 14.9 Å². The second-order valence-corrected chi connectivity index (χ2v) is 8.22. The molecule has 1 aromatic heterocycles. The highest BCUT2D eigenvalue weighted by atomic mass is 19.1. The Kier molecular flexibility index (Phi) is 5.25. The van der Waals surface area contributed by atoms with Crippen molar-refractivity contribution in [2.75, 3.05) is 14.2 Å². The Labute approximate surface area is 186 Å². The number of benzene rings is 2. The standard InChI is InChI=1S/C25H24FN3O3/c1-31-22-10-3-15(11-23(22)32-2)12-24(30)29-18-8-9-21(29)19-14-27-25(28-20(19)13-18)16-4-6-17(26)7-5-16/h3-7,10-11,14,18,21H,8-9,12-13H2,1-2H3/t18-,21+/m0/s1. The summed E-state index contributed by atoms with van der Waals surface area (Å²) in [7, 11) is 3.18. The maximum atomic E-state index is 13.3. The van der Waals surface area contributed by atoms with Crippen molar-refractivity contribution in [1.29, 1.82) is 0 Å². The average molecular weight is 433 g/mol. The summed E-state index contributed by atoms with van der Waals surface area (Å²) < 4.78 is 23.9. The summed E-state index contributed by atoms with van der Waals surface area (Å²) >= 11 is 0. The van der Waals surface area contributed by atoms with Crippen LogP contribution in [0.4, 0.5) is 4.39 Å². The fraction of sp³-hybridized carbons (Fsp3) is 0.320. The van der Waals surface area contributed by atoms with Crippen molar-refractivity contribution >= 4 is 5.91 Å². The lowest BCUT2D eigenvalue weighted by Crippen LogP contribution is -2.43. The van der Waals surface area contributed by atoms with E-state index in [0.717, 1.165) is 35.2 Å². The van der Waals surface area contributed by atoms with E-state index in [1.54, 1.807) is 26.4 Å². The molecule has 1 amide bonds. The van der Waals surface area contributed by atoms with E-state index < -0.39 is 0 Å². The zero-order chi connectivity index (χ0) is 22.2. The molecule has 2 aromatic carbocycles. The molecule has 6 nitrogen and oxygen atoms in total. The normalized spacial score (nSPS) is 18.9. The number of aromatic nitrogens is 2. The molecule has 0 N–H and O–H groups in total. The van der Waals surface area contributed by atoms with Gasteiger partial charge in [-0.2, -0.15) is 0 Å². The van der Waals surface area contributed by atoms with Crippen molar-refractivity contribution in [3.8, 4) is 22.9 Å². The molecule has 0 aliphatic carbocycles. The second kappa shape index (κ2) is 8.22. The molecule has 5 rings (SSSR count). The molecule has 164 valence electrons. The quantitative estimate of drug-likeness (QED) is 0.605. The molecule has 7 heteroatoms. The van der Waals surface area contributed by atoms with Gasteiger partial charge in [0.25, 0.3) is 0 Å². The molecule has 0 radical (unpaired) electrons. The minimum atomic E-state index is -0.284. The topological polar surface area (TPSA) is 64.5 Å². The van der Waals surface area contributed by atoms with Gasteiger partial charge in [0.05, 0.1) is 32.4 Å². The van der Waals surface area contributed by atoms with Crippen LogP contribution in [0.2, 0.25) is 0 Å². The highest BCUT2D eigenvalue weighted by Crippen LogP contribution is 2.43. The Morgan fingerprint density at radius 1 is 1.09 bits per heavy atom. The first-order valence-corrected chi connectivity index (χ1v) is 10.7. The summed E-state index contributed by atoms with van der Waals surface area (Å²) in [6.07, 6.45) is 4.71. The number of methoxy groups -OCH3 is 2. The maximum absolute atomic E-state index is 13.3. The lowest BCUT2D eigenvalue weighted by atomic mass is 9.97. The van der Waals surface area contributed by atoms with Crippen LogP contribution in [0.1, 0.15) is 35.7 Å². The molecule has 0 spiro atoms. The number of hydrogen-bond donors (Lipinski definition) is 0. The SMILES string of the molecule is COc1ccc(CC(=O)N2[C@H]3CC[C@@H]2c2cnc(-c4ccc(F)cc4)nc2C3)cc1OC. The summed E-state index contributed by atoms with van der Waals surface area (Å²) in [5, 5.41) is 0. The van der Waals surface area contributed by atoms with Gasteiger partial charge in [0, 0.05) is 29.8 Å². The monoisotopic (exact) mass is 433 g/mol. The Hall–Kier alpha value is -3.48. The fourth-order valence-electron chi connectivity index (χ4n) is 4.85. The number of ether oxygens (including phenoxy) is 2. The number of rotatable bonds is 5. The van der Waals surface area contributed by atoms with Crippen LogP contribution in [-0.4, -0.2) is 41.0 Å². The fourth-order valence-corrected chi connectivity index (χ4v) is 4.85. The first-order valence-electron chi connectivity index (χ1n) is 10.7. The number of fused-ring (bicyclic) bond motifs is 4. The van der Waals surface area contributed by atoms with Gasteiger partial charge in [0.15, 0.2) is 17.3 Å². The lowest BCUT2D eigenvalue weighted by Gasteiger charge is -2.36. The zero-order valence-electron chi connectivity index (χ0n) is 18.0. The number of nitrogens with zero attached hydrogens (tertiary/aromatic N) is 3. The third kappa shape index (κ3) is 3.57. The molecule has 0 saturated carbocycles. The minimum absolute atomic E-state index is 0.00124. The Balaban J connectivity index is 1.38. The first-order chi connectivity index (χ1) is 15.6. The second-order valence-electron chi connectivity index (χ2n) is 8.22. The summed E-state index contributed by atoms with van der Waals surface area (Å²) in [4.78, 5) is 24.6. The third-order valence-electron chi connectivity index (χ3n) is 6.38. The largest absolute Gasteiger partial charge is 0.493 e. The highest BCUT2D eigenvalue weighted by Gasteiger charge is 2.43. The molecule has 2 aliphatic heterocycles. The Morgan fingerprint density at radius 3 is 2.62 bits per heavy atom. The van der Waals surface area contributed by atoms with Gasteiger partial charge in [0.1, 0.15) is 5.82 Å². The molecule has 1 saturated heterocycles. The summed E-state index contributed by atoms with van der Waals surface area (Å²) in [6.45, 7) is 0. The van der Waals surface area contributed by atoms with Gasteiger partial charge in [-0.05, 0) is 54.8 Å². The van der Waals surface area contributed by atoms with E-state index in [1.165, 1.54) is 12.1 Å². The minimum Gasteiger partial charge on any atom is -0.493 e. The van der Waals surface area contributed by atoms with E-state index in [1.807, 2.05) is 29.3 Å². The number of carbonyl (C=O) groups is 1. The van der Waals surface area contributed by atoms with Crippen molar-refractivity contribution in [2.45, 2.75) is 37.8 Å². The highest BCUT2D eigenvalue weighted by molar-refractivity contribution is 5.80. The van der Waals surface area contributed by atoms with E-state index in [0.29, 0.717) is 30.2 Å². The van der Waals surface area contributed by atoms with E-state index in [9.17, 15) is 9.18 Å². The van der Waals surface area contributed by atoms with E-state index in [2.05, 4.69) is 4.98 Å². The lowest BCUT2D eigenvalue weighted by molar-refractivity contribution is -0.134. The summed E-state index contributed by atoms with van der Waals surface area (Å²) in [5.74, 6) is 1.66. The van der Waals surface area contributed by atoms with Crippen molar-refractivity contribution < 1.29 is 18.7 Å². The molecular formula is C25H24FN3O3. The predicted molar refractivity (Wildman–Crippen MR) is 117 cm³/mol. The zero-order valence-corrected chi connectivity index (χ0v) is 18.0. The van der Waals surface area contributed by atoms with E-state index in [-0.39, 0.29) is 23.8 Å². The first kappa shape index (κ1) is 20.4. The maximum Gasteiger partial charge on any atom is 0.227 e. The number of hydrogen-bond acceptors (Lipinski definition) is 5. The molecule has 3 aromatic rings. The van der Waals surface area contributed by atoms with Gasteiger partial charge in [-0.3, -0.25) is 4.79 Å². The van der Waals surface area contributed by atoms with Crippen LogP contribution < -0.4 is 9.47 Å². The molecule has 1 fully saturated rings. The number of carbonyl (C=O) groups excluding carboxylic acids is 1. The third-order valence-corrected chi connectivity index (χ3v) is 6.38. The van der Waals surface area contributed by atoms with Gasteiger partial charge in [-0.1, -0.05) is 6.07 Å². The van der Waals surface area contributed by atoms with Crippen LogP contribution in [0.3, 0.4) is 0 Å². The van der Waals surface area contributed by atoms with Gasteiger partial charge in [-0.25, -0.2) is 14.4 Å². The van der Waals surface area contributed by atoms with Crippen LogP contribution in [0, 0.1) is 5.82 Å². The number of amides is 1.